The maximum atomic E-state index is 12.2. The van der Waals surface area contributed by atoms with Gasteiger partial charge >= 0.3 is 5.69 Å². The molecule has 1 N–H and O–H groups in total. The molecule has 3 rings (SSSR count). The Bertz CT molecular complexity index is 728. The van der Waals surface area contributed by atoms with E-state index in [1.165, 1.54) is 9.13 Å². The summed E-state index contributed by atoms with van der Waals surface area (Å²) in [6.07, 6.45) is 2.39. The Kier molecular flexibility index (Phi) is 4.26. The van der Waals surface area contributed by atoms with Gasteiger partial charge in [-0.3, -0.25) is 13.9 Å². The summed E-state index contributed by atoms with van der Waals surface area (Å²) < 4.78 is 8.31. The third-order valence-corrected chi connectivity index (χ3v) is 3.80. The molecule has 7 nitrogen and oxygen atoms in total. The average molecular weight is 305 g/mol. The number of nitrogens with zero attached hydrogens (tertiary/aromatic N) is 2. The van der Waals surface area contributed by atoms with Gasteiger partial charge in [0.15, 0.2) is 6.29 Å². The van der Waals surface area contributed by atoms with Gasteiger partial charge in [-0.05, 0) is 25.0 Å². The summed E-state index contributed by atoms with van der Waals surface area (Å²) in [5.74, 6) is -0.382. The Morgan fingerprint density at radius 2 is 2.14 bits per heavy atom. The zero-order valence-electron chi connectivity index (χ0n) is 12.4. The Hall–Kier alpha value is -2.12. The Labute approximate surface area is 127 Å². The molecule has 1 aromatic heterocycles. The van der Waals surface area contributed by atoms with Gasteiger partial charge in [-0.25, -0.2) is 15.1 Å². The van der Waals surface area contributed by atoms with Crippen molar-refractivity contribution in [3.05, 3.63) is 34.7 Å². The predicted octanol–water partition coefficient (Wildman–Crippen LogP) is 0.914. The van der Waals surface area contributed by atoms with Gasteiger partial charge in [-0.2, -0.15) is 0 Å². The summed E-state index contributed by atoms with van der Waals surface area (Å²) in [6, 6.07) is 7.35. The summed E-state index contributed by atoms with van der Waals surface area (Å²) in [6.45, 7) is 0.552. The summed E-state index contributed by atoms with van der Waals surface area (Å²) in [5, 5.41) is 0. The highest BCUT2D eigenvalue weighted by molar-refractivity contribution is 5.80. The van der Waals surface area contributed by atoms with Crippen molar-refractivity contribution in [3.8, 4) is 0 Å². The van der Waals surface area contributed by atoms with E-state index in [1.54, 1.807) is 7.05 Å². The Balaban J connectivity index is 1.69. The van der Waals surface area contributed by atoms with Crippen LogP contribution in [0.5, 0.6) is 0 Å². The summed E-state index contributed by atoms with van der Waals surface area (Å²) in [7, 11) is 1.69. The number of ether oxygens (including phenoxy) is 1. The maximum absolute atomic E-state index is 12.2. The molecule has 1 amide bonds. The number of benzene rings is 1. The second-order valence-electron chi connectivity index (χ2n) is 5.36. The topological polar surface area (TPSA) is 74.5 Å². The van der Waals surface area contributed by atoms with Crippen molar-refractivity contribution >= 4 is 16.9 Å². The van der Waals surface area contributed by atoms with Crippen molar-refractivity contribution < 1.29 is 14.4 Å². The third kappa shape index (κ3) is 2.90. The molecule has 0 aliphatic carbocycles. The van der Waals surface area contributed by atoms with Crippen LogP contribution in [0, 0.1) is 0 Å². The molecule has 1 atom stereocenters. The van der Waals surface area contributed by atoms with Crippen LogP contribution in [-0.2, 0) is 28.0 Å². The molecule has 7 heteroatoms. The molecule has 1 fully saturated rings. The van der Waals surface area contributed by atoms with E-state index in [9.17, 15) is 9.59 Å². The summed E-state index contributed by atoms with van der Waals surface area (Å²) in [5.41, 5.74) is 3.65. The molecule has 1 aliphatic rings. The molecule has 0 bridgehead atoms. The highest BCUT2D eigenvalue weighted by atomic mass is 16.8. The molecule has 2 heterocycles. The van der Waals surface area contributed by atoms with Crippen LogP contribution in [0.3, 0.4) is 0 Å². The molecule has 1 aliphatic heterocycles. The molecule has 0 unspecified atom stereocenters. The molecular weight excluding hydrogens is 286 g/mol. The molecule has 1 aromatic carbocycles. The van der Waals surface area contributed by atoms with E-state index in [-0.39, 0.29) is 18.1 Å². The number of hydrogen-bond donors (Lipinski definition) is 1. The molecule has 1 saturated heterocycles. The van der Waals surface area contributed by atoms with Crippen LogP contribution in [0.25, 0.3) is 11.0 Å². The molecule has 0 spiro atoms. The van der Waals surface area contributed by atoms with E-state index in [4.69, 9.17) is 9.57 Å². The van der Waals surface area contributed by atoms with Crippen LogP contribution < -0.4 is 11.2 Å². The second kappa shape index (κ2) is 6.33. The third-order valence-electron chi connectivity index (χ3n) is 3.80. The fraction of sp³-hybridized carbons (Fsp3) is 0.467. The second-order valence-corrected chi connectivity index (χ2v) is 5.36. The quantitative estimate of drug-likeness (QED) is 0.852. The number of aryl methyl sites for hydroxylation is 1. The fourth-order valence-corrected chi connectivity index (χ4v) is 2.63. The summed E-state index contributed by atoms with van der Waals surface area (Å²) in [4.78, 5) is 29.4. The minimum absolute atomic E-state index is 0.0904. The lowest BCUT2D eigenvalue weighted by molar-refractivity contribution is -0.200. The lowest BCUT2D eigenvalue weighted by Crippen LogP contribution is -2.36. The van der Waals surface area contributed by atoms with Crippen LogP contribution in [0.4, 0.5) is 0 Å². The standard InChI is InChI=1S/C15H19N3O4/c1-17-11-6-2-3-7-12(11)18(15(17)20)10-13(19)16-22-14-8-4-5-9-21-14/h2-3,6-7,14H,4-5,8-10H2,1H3,(H,16,19)/t14-/m0/s1. The first kappa shape index (κ1) is 14.8. The van der Waals surface area contributed by atoms with Crippen molar-refractivity contribution in [2.75, 3.05) is 6.61 Å². The zero-order chi connectivity index (χ0) is 15.5. The van der Waals surface area contributed by atoms with E-state index in [2.05, 4.69) is 5.48 Å². The number of hydroxylamine groups is 1. The van der Waals surface area contributed by atoms with E-state index in [0.717, 1.165) is 30.3 Å². The van der Waals surface area contributed by atoms with E-state index in [0.29, 0.717) is 6.61 Å². The number of imidazole rings is 1. The number of carbonyl (C=O) groups excluding carboxylic acids is 1. The SMILES string of the molecule is Cn1c(=O)n(CC(=O)NO[C@H]2CCCCO2)c2ccccc21. The minimum Gasteiger partial charge on any atom is -0.350 e. The zero-order valence-corrected chi connectivity index (χ0v) is 12.4. The molecule has 0 radical (unpaired) electrons. The number of nitrogens with one attached hydrogen (secondary N) is 1. The number of aromatic nitrogens is 2. The van der Waals surface area contributed by atoms with Crippen molar-refractivity contribution in [3.63, 3.8) is 0 Å². The van der Waals surface area contributed by atoms with Gasteiger partial charge in [0, 0.05) is 20.1 Å². The lowest BCUT2D eigenvalue weighted by atomic mass is 10.2. The number of carbonyl (C=O) groups is 1. The molecule has 22 heavy (non-hydrogen) atoms. The number of amides is 1. The maximum Gasteiger partial charge on any atom is 0.329 e. The minimum atomic E-state index is -0.401. The van der Waals surface area contributed by atoms with Gasteiger partial charge in [0.2, 0.25) is 0 Å². The van der Waals surface area contributed by atoms with Crippen molar-refractivity contribution in [2.24, 2.45) is 7.05 Å². The van der Waals surface area contributed by atoms with E-state index >= 15 is 0 Å². The number of rotatable bonds is 4. The monoisotopic (exact) mass is 305 g/mol. The predicted molar refractivity (Wildman–Crippen MR) is 80.0 cm³/mol. The van der Waals surface area contributed by atoms with Crippen molar-refractivity contribution in [1.29, 1.82) is 0 Å². The highest BCUT2D eigenvalue weighted by Gasteiger charge is 2.17. The average Bonchev–Trinajstić information content (AvgIpc) is 2.79. The lowest BCUT2D eigenvalue weighted by Gasteiger charge is -2.22. The Morgan fingerprint density at radius 3 is 2.86 bits per heavy atom. The molecule has 118 valence electrons. The van der Waals surface area contributed by atoms with Gasteiger partial charge in [0.1, 0.15) is 6.54 Å². The van der Waals surface area contributed by atoms with E-state index < -0.39 is 6.29 Å². The van der Waals surface area contributed by atoms with Crippen LogP contribution in [0.15, 0.2) is 29.1 Å². The van der Waals surface area contributed by atoms with Crippen LogP contribution in [0.1, 0.15) is 19.3 Å². The van der Waals surface area contributed by atoms with Gasteiger partial charge < -0.3 is 4.74 Å². The number of fused-ring (bicyclic) bond motifs is 1. The number of hydrogen-bond acceptors (Lipinski definition) is 4. The first-order valence-corrected chi connectivity index (χ1v) is 7.37. The van der Waals surface area contributed by atoms with E-state index in [1.807, 2.05) is 24.3 Å². The first-order chi connectivity index (χ1) is 10.7. The van der Waals surface area contributed by atoms with Gasteiger partial charge in [0.25, 0.3) is 5.91 Å². The normalized spacial score (nSPS) is 18.5. The summed E-state index contributed by atoms with van der Waals surface area (Å²) >= 11 is 0. The molecular formula is C15H19N3O4. The number of para-hydroxylation sites is 2. The fourth-order valence-electron chi connectivity index (χ4n) is 2.63. The Morgan fingerprint density at radius 1 is 1.36 bits per heavy atom. The highest BCUT2D eigenvalue weighted by Crippen LogP contribution is 2.13. The van der Waals surface area contributed by atoms with Gasteiger partial charge in [-0.1, -0.05) is 12.1 Å². The van der Waals surface area contributed by atoms with Crippen LogP contribution in [-0.4, -0.2) is 27.9 Å². The van der Waals surface area contributed by atoms with Crippen molar-refractivity contribution in [1.82, 2.24) is 14.6 Å². The largest absolute Gasteiger partial charge is 0.350 e. The molecule has 2 aromatic rings. The first-order valence-electron chi connectivity index (χ1n) is 7.37. The van der Waals surface area contributed by atoms with Crippen molar-refractivity contribution in [2.45, 2.75) is 32.1 Å². The van der Waals surface area contributed by atoms with Gasteiger partial charge in [-0.15, -0.1) is 0 Å². The van der Waals surface area contributed by atoms with Gasteiger partial charge in [0.05, 0.1) is 11.0 Å². The smallest absolute Gasteiger partial charge is 0.329 e. The molecule has 0 saturated carbocycles. The van der Waals surface area contributed by atoms with Crippen LogP contribution in [0.2, 0.25) is 0 Å². The van der Waals surface area contributed by atoms with Crippen LogP contribution >= 0.6 is 0 Å².